The summed E-state index contributed by atoms with van der Waals surface area (Å²) in [5, 5.41) is 1.29. The average molecular weight is 263 g/mol. The Bertz CT molecular complexity index is 820. The van der Waals surface area contributed by atoms with E-state index in [0.717, 1.165) is 6.54 Å². The number of rotatable bonds is 1. The van der Waals surface area contributed by atoms with Crippen molar-refractivity contribution in [1.82, 2.24) is 14.5 Å². The maximum absolute atomic E-state index is 3.30. The number of hydrogen-bond donors (Lipinski definition) is 1. The van der Waals surface area contributed by atoms with E-state index in [9.17, 15) is 0 Å². The highest BCUT2D eigenvalue weighted by Gasteiger charge is 2.13. The van der Waals surface area contributed by atoms with E-state index in [1.54, 1.807) is 0 Å². The lowest BCUT2D eigenvalue weighted by Gasteiger charge is -2.19. The zero-order valence-electron chi connectivity index (χ0n) is 11.7. The molecule has 0 amide bonds. The van der Waals surface area contributed by atoms with E-state index in [1.807, 2.05) is 0 Å². The summed E-state index contributed by atoms with van der Waals surface area (Å²) in [6.45, 7) is 3.12. The zero-order chi connectivity index (χ0) is 13.7. The van der Waals surface area contributed by atoms with Gasteiger partial charge >= 0.3 is 0 Å². The molecule has 100 valence electrons. The lowest BCUT2D eigenvalue weighted by atomic mass is 10.1. The normalized spacial score (nSPS) is 14.0. The average Bonchev–Trinajstić information content (AvgIpc) is 3.02. The van der Waals surface area contributed by atoms with E-state index in [-0.39, 0.29) is 0 Å². The molecule has 1 aromatic carbocycles. The van der Waals surface area contributed by atoms with Crippen LogP contribution in [0, 0.1) is 6.92 Å². The zero-order valence-corrected chi connectivity index (χ0v) is 11.7. The molecule has 0 saturated heterocycles. The topological polar surface area (TPSA) is 24.0 Å². The SMILES string of the molecule is Cc1c[nH]c2ccc(-n3ccc4c3C=CN(C)C4)cc12. The molecule has 0 radical (unpaired) electrons. The van der Waals surface area contributed by atoms with Gasteiger partial charge in [0.1, 0.15) is 0 Å². The summed E-state index contributed by atoms with van der Waals surface area (Å²) in [4.78, 5) is 5.50. The number of benzene rings is 1. The number of nitrogens with one attached hydrogen (secondary N) is 1. The van der Waals surface area contributed by atoms with Gasteiger partial charge in [-0.1, -0.05) is 0 Å². The molecule has 0 aliphatic carbocycles. The predicted molar refractivity (Wildman–Crippen MR) is 82.9 cm³/mol. The molecular weight excluding hydrogens is 246 g/mol. The van der Waals surface area contributed by atoms with Crippen LogP contribution in [0.3, 0.4) is 0 Å². The first-order chi connectivity index (χ1) is 9.72. The van der Waals surface area contributed by atoms with Gasteiger partial charge in [0.15, 0.2) is 0 Å². The van der Waals surface area contributed by atoms with Crippen LogP contribution in [0.2, 0.25) is 0 Å². The Morgan fingerprint density at radius 3 is 3.00 bits per heavy atom. The molecule has 0 spiro atoms. The highest BCUT2D eigenvalue weighted by Crippen LogP contribution is 2.26. The molecule has 0 atom stereocenters. The Kier molecular flexibility index (Phi) is 2.30. The summed E-state index contributed by atoms with van der Waals surface area (Å²) in [6, 6.07) is 8.80. The van der Waals surface area contributed by atoms with Gasteiger partial charge in [0.05, 0.1) is 5.69 Å². The maximum Gasteiger partial charge on any atom is 0.0520 e. The van der Waals surface area contributed by atoms with Gasteiger partial charge < -0.3 is 14.5 Å². The molecule has 3 heteroatoms. The standard InChI is InChI=1S/C17H17N3/c1-12-10-18-16-4-3-14(9-15(12)16)20-8-5-13-11-19(2)7-6-17(13)20/h3-10,18H,11H2,1-2H3. The molecule has 2 aromatic heterocycles. The van der Waals surface area contributed by atoms with Crippen LogP contribution in [0.25, 0.3) is 22.7 Å². The fourth-order valence-electron chi connectivity index (χ4n) is 2.95. The van der Waals surface area contributed by atoms with Crippen LogP contribution >= 0.6 is 0 Å². The van der Waals surface area contributed by atoms with E-state index in [2.05, 4.69) is 77.4 Å². The summed E-state index contributed by atoms with van der Waals surface area (Å²) in [6.07, 6.45) is 8.55. The van der Waals surface area contributed by atoms with E-state index in [4.69, 9.17) is 0 Å². The number of nitrogens with zero attached hydrogens (tertiary/aromatic N) is 2. The molecule has 1 aliphatic rings. The summed E-state index contributed by atoms with van der Waals surface area (Å²) < 4.78 is 2.27. The van der Waals surface area contributed by atoms with Gasteiger partial charge in [-0.2, -0.15) is 0 Å². The number of hydrogen-bond acceptors (Lipinski definition) is 1. The van der Waals surface area contributed by atoms with Crippen LogP contribution < -0.4 is 0 Å². The Morgan fingerprint density at radius 2 is 2.10 bits per heavy atom. The number of fused-ring (bicyclic) bond motifs is 2. The third-order valence-electron chi connectivity index (χ3n) is 4.07. The van der Waals surface area contributed by atoms with Gasteiger partial charge in [-0.3, -0.25) is 0 Å². The quantitative estimate of drug-likeness (QED) is 0.711. The molecule has 0 bridgehead atoms. The molecular formula is C17H17N3. The summed E-state index contributed by atoms with van der Waals surface area (Å²) >= 11 is 0. The number of aromatic amines is 1. The van der Waals surface area contributed by atoms with Crippen molar-refractivity contribution in [2.75, 3.05) is 7.05 Å². The van der Waals surface area contributed by atoms with Crippen LogP contribution in [0.5, 0.6) is 0 Å². The van der Waals surface area contributed by atoms with Crippen molar-refractivity contribution < 1.29 is 0 Å². The fourth-order valence-corrected chi connectivity index (χ4v) is 2.95. The minimum atomic E-state index is 0.976. The Morgan fingerprint density at radius 1 is 1.20 bits per heavy atom. The third kappa shape index (κ3) is 1.59. The lowest BCUT2D eigenvalue weighted by molar-refractivity contribution is 0.447. The summed E-state index contributed by atoms with van der Waals surface area (Å²) in [7, 11) is 2.10. The maximum atomic E-state index is 3.30. The Balaban J connectivity index is 1.88. The number of H-pyrrole nitrogens is 1. The third-order valence-corrected chi connectivity index (χ3v) is 4.07. The first-order valence-electron chi connectivity index (χ1n) is 6.89. The summed E-state index contributed by atoms with van der Waals surface area (Å²) in [5.74, 6) is 0. The predicted octanol–water partition coefficient (Wildman–Crippen LogP) is 3.68. The first kappa shape index (κ1) is 11.4. The van der Waals surface area contributed by atoms with Gasteiger partial charge in [-0.05, 0) is 48.4 Å². The van der Waals surface area contributed by atoms with Crippen molar-refractivity contribution in [1.29, 1.82) is 0 Å². The van der Waals surface area contributed by atoms with Crippen molar-refractivity contribution in [3.8, 4) is 5.69 Å². The molecule has 1 aliphatic heterocycles. The van der Waals surface area contributed by atoms with Gasteiger partial charge in [0.2, 0.25) is 0 Å². The molecule has 1 N–H and O–H groups in total. The minimum Gasteiger partial charge on any atom is -0.376 e. The Labute approximate surface area is 118 Å². The largest absolute Gasteiger partial charge is 0.376 e. The fraction of sp³-hybridized carbons (Fsp3) is 0.176. The van der Waals surface area contributed by atoms with Crippen molar-refractivity contribution in [3.05, 3.63) is 59.7 Å². The number of aryl methyl sites for hydroxylation is 1. The van der Waals surface area contributed by atoms with Gasteiger partial charge in [-0.15, -0.1) is 0 Å². The second kappa shape index (κ2) is 4.04. The van der Waals surface area contributed by atoms with E-state index in [1.165, 1.54) is 33.4 Å². The van der Waals surface area contributed by atoms with Crippen molar-refractivity contribution in [2.45, 2.75) is 13.5 Å². The van der Waals surface area contributed by atoms with Crippen molar-refractivity contribution in [2.24, 2.45) is 0 Å². The molecule has 0 saturated carbocycles. The molecule has 3 heterocycles. The van der Waals surface area contributed by atoms with Crippen molar-refractivity contribution in [3.63, 3.8) is 0 Å². The van der Waals surface area contributed by atoms with Crippen LogP contribution in [-0.4, -0.2) is 21.5 Å². The smallest absolute Gasteiger partial charge is 0.0520 e. The Hall–Kier alpha value is -2.42. The summed E-state index contributed by atoms with van der Waals surface area (Å²) in [5.41, 5.74) is 6.37. The highest BCUT2D eigenvalue weighted by molar-refractivity contribution is 5.85. The van der Waals surface area contributed by atoms with Crippen LogP contribution in [0.4, 0.5) is 0 Å². The lowest BCUT2D eigenvalue weighted by Crippen LogP contribution is -2.14. The molecule has 0 fully saturated rings. The van der Waals surface area contributed by atoms with Crippen LogP contribution in [-0.2, 0) is 6.54 Å². The highest BCUT2D eigenvalue weighted by atomic mass is 15.1. The van der Waals surface area contributed by atoms with Gasteiger partial charge in [-0.25, -0.2) is 0 Å². The van der Waals surface area contributed by atoms with Crippen molar-refractivity contribution >= 4 is 17.0 Å². The number of aromatic nitrogens is 2. The first-order valence-corrected chi connectivity index (χ1v) is 6.89. The van der Waals surface area contributed by atoms with Crippen LogP contribution in [0.15, 0.2) is 42.9 Å². The minimum absolute atomic E-state index is 0.976. The molecule has 20 heavy (non-hydrogen) atoms. The van der Waals surface area contributed by atoms with Crippen LogP contribution in [0.1, 0.15) is 16.8 Å². The molecule has 4 rings (SSSR count). The van der Waals surface area contributed by atoms with E-state index in [0.29, 0.717) is 0 Å². The van der Waals surface area contributed by atoms with E-state index >= 15 is 0 Å². The van der Waals surface area contributed by atoms with E-state index < -0.39 is 0 Å². The molecule has 3 nitrogen and oxygen atoms in total. The monoisotopic (exact) mass is 263 g/mol. The molecule has 3 aromatic rings. The second-order valence-corrected chi connectivity index (χ2v) is 5.53. The van der Waals surface area contributed by atoms with Gasteiger partial charge in [0, 0.05) is 48.8 Å². The molecule has 0 unspecified atom stereocenters. The van der Waals surface area contributed by atoms with Gasteiger partial charge in [0.25, 0.3) is 0 Å². The second-order valence-electron chi connectivity index (χ2n) is 5.53.